The fourth-order valence-electron chi connectivity index (χ4n) is 1.53. The molecule has 1 aromatic heterocycles. The third-order valence-electron chi connectivity index (χ3n) is 2.29. The van der Waals surface area contributed by atoms with E-state index in [9.17, 15) is 0 Å². The summed E-state index contributed by atoms with van der Waals surface area (Å²) < 4.78 is 5.22. The van der Waals surface area contributed by atoms with E-state index in [2.05, 4.69) is 10.1 Å². The quantitative estimate of drug-likeness (QED) is 0.821. The summed E-state index contributed by atoms with van der Waals surface area (Å²) in [6, 6.07) is 0. The van der Waals surface area contributed by atoms with Gasteiger partial charge >= 0.3 is 0 Å². The van der Waals surface area contributed by atoms with E-state index >= 15 is 0 Å². The molecule has 0 radical (unpaired) electrons. The Balaban J connectivity index is 1.94. The summed E-state index contributed by atoms with van der Waals surface area (Å²) in [5.41, 5.74) is 5.42. The molecule has 2 N–H and O–H groups in total. The fourth-order valence-corrected chi connectivity index (χ4v) is 2.72. The van der Waals surface area contributed by atoms with Crippen LogP contribution in [-0.2, 0) is 6.42 Å². The van der Waals surface area contributed by atoms with Crippen LogP contribution in [0.2, 0.25) is 0 Å². The van der Waals surface area contributed by atoms with Crippen LogP contribution in [0.5, 0.6) is 0 Å². The lowest BCUT2D eigenvalue weighted by atomic mass is 10.2. The predicted octanol–water partition coefficient (Wildman–Crippen LogP) is 1.53. The summed E-state index contributed by atoms with van der Waals surface area (Å²) in [6.45, 7) is 0.683. The molecule has 0 aromatic carbocycles. The van der Waals surface area contributed by atoms with E-state index < -0.39 is 0 Å². The lowest BCUT2D eigenvalue weighted by Crippen LogP contribution is -2.01. The minimum Gasteiger partial charge on any atom is -0.338 e. The number of rotatable bonds is 4. The molecule has 2 heterocycles. The van der Waals surface area contributed by atoms with Gasteiger partial charge in [0.05, 0.1) is 5.25 Å². The highest BCUT2D eigenvalue weighted by Crippen LogP contribution is 2.38. The van der Waals surface area contributed by atoms with E-state index in [1.54, 1.807) is 0 Å². The van der Waals surface area contributed by atoms with Crippen LogP contribution in [0.4, 0.5) is 0 Å². The van der Waals surface area contributed by atoms with E-state index in [0.29, 0.717) is 11.8 Å². The standard InChI is InChI=1S/C9H15N3OS/c10-5-1-4-8-11-9(13-12-8)7-3-2-6-14-7/h7H,1-6,10H2. The Labute approximate surface area is 87.6 Å². The maximum atomic E-state index is 5.42. The van der Waals surface area contributed by atoms with Gasteiger partial charge in [0, 0.05) is 6.42 Å². The summed E-state index contributed by atoms with van der Waals surface area (Å²) >= 11 is 1.91. The van der Waals surface area contributed by atoms with Crippen LogP contribution in [0.25, 0.3) is 0 Å². The summed E-state index contributed by atoms with van der Waals surface area (Å²) in [7, 11) is 0. The van der Waals surface area contributed by atoms with Gasteiger partial charge in [-0.05, 0) is 31.6 Å². The van der Waals surface area contributed by atoms with Gasteiger partial charge in [0.1, 0.15) is 0 Å². The molecule has 1 aliphatic heterocycles. The van der Waals surface area contributed by atoms with Crippen LogP contribution in [0.3, 0.4) is 0 Å². The zero-order chi connectivity index (χ0) is 9.80. The van der Waals surface area contributed by atoms with Gasteiger partial charge in [-0.2, -0.15) is 4.98 Å². The van der Waals surface area contributed by atoms with Crippen molar-refractivity contribution in [3.63, 3.8) is 0 Å². The molecule has 78 valence electrons. The number of thioether (sulfide) groups is 1. The highest BCUT2D eigenvalue weighted by atomic mass is 32.2. The van der Waals surface area contributed by atoms with Crippen molar-refractivity contribution in [3.8, 4) is 0 Å². The summed E-state index contributed by atoms with van der Waals surface area (Å²) in [5, 5.41) is 4.38. The van der Waals surface area contributed by atoms with E-state index in [-0.39, 0.29) is 0 Å². The summed E-state index contributed by atoms with van der Waals surface area (Å²) in [4.78, 5) is 4.38. The normalized spacial score (nSPS) is 21.6. The van der Waals surface area contributed by atoms with Crippen LogP contribution < -0.4 is 5.73 Å². The molecular weight excluding hydrogens is 198 g/mol. The number of hydrogen-bond donors (Lipinski definition) is 1. The zero-order valence-corrected chi connectivity index (χ0v) is 8.92. The van der Waals surface area contributed by atoms with Gasteiger partial charge in [-0.1, -0.05) is 5.16 Å². The molecule has 1 aliphatic rings. The minimum atomic E-state index is 0.439. The highest BCUT2D eigenvalue weighted by Gasteiger charge is 2.23. The Morgan fingerprint density at radius 1 is 1.57 bits per heavy atom. The second kappa shape index (κ2) is 4.79. The van der Waals surface area contributed by atoms with Crippen LogP contribution in [-0.4, -0.2) is 22.4 Å². The van der Waals surface area contributed by atoms with Crippen LogP contribution in [0.15, 0.2) is 4.52 Å². The molecule has 5 heteroatoms. The largest absolute Gasteiger partial charge is 0.338 e. The van der Waals surface area contributed by atoms with E-state index in [1.807, 2.05) is 11.8 Å². The summed E-state index contributed by atoms with van der Waals surface area (Å²) in [5.74, 6) is 2.82. The molecule has 14 heavy (non-hydrogen) atoms. The van der Waals surface area contributed by atoms with Gasteiger partial charge in [0.2, 0.25) is 5.89 Å². The first-order valence-corrected chi connectivity index (χ1v) is 6.09. The first-order valence-electron chi connectivity index (χ1n) is 5.04. The Kier molecular flexibility index (Phi) is 3.42. The number of nitrogens with zero attached hydrogens (tertiary/aromatic N) is 2. The Morgan fingerprint density at radius 3 is 3.21 bits per heavy atom. The second-order valence-corrected chi connectivity index (χ2v) is 4.75. The molecule has 0 amide bonds. The van der Waals surface area contributed by atoms with Crippen molar-refractivity contribution in [2.75, 3.05) is 12.3 Å². The Morgan fingerprint density at radius 2 is 2.50 bits per heavy atom. The van der Waals surface area contributed by atoms with Gasteiger partial charge in [-0.15, -0.1) is 11.8 Å². The molecular formula is C9H15N3OS. The van der Waals surface area contributed by atoms with Gasteiger partial charge in [0.25, 0.3) is 0 Å². The molecule has 1 saturated heterocycles. The van der Waals surface area contributed by atoms with Crippen LogP contribution in [0, 0.1) is 0 Å². The third kappa shape index (κ3) is 2.27. The molecule has 0 aliphatic carbocycles. The zero-order valence-electron chi connectivity index (χ0n) is 8.11. The molecule has 1 unspecified atom stereocenters. The number of nitrogens with two attached hydrogens (primary N) is 1. The second-order valence-electron chi connectivity index (χ2n) is 3.44. The lowest BCUT2D eigenvalue weighted by Gasteiger charge is -1.98. The van der Waals surface area contributed by atoms with Crippen molar-refractivity contribution in [3.05, 3.63) is 11.7 Å². The first-order chi connectivity index (χ1) is 6.90. The SMILES string of the molecule is NCCCc1noc(C2CCCS2)n1. The topological polar surface area (TPSA) is 64.9 Å². The van der Waals surface area contributed by atoms with Crippen molar-refractivity contribution in [1.82, 2.24) is 10.1 Å². The Hall–Kier alpha value is -0.550. The number of aryl methyl sites for hydroxylation is 1. The average molecular weight is 213 g/mol. The lowest BCUT2D eigenvalue weighted by molar-refractivity contribution is 0.369. The van der Waals surface area contributed by atoms with Crippen molar-refractivity contribution in [2.45, 2.75) is 30.9 Å². The van der Waals surface area contributed by atoms with Crippen LogP contribution >= 0.6 is 11.8 Å². The average Bonchev–Trinajstić information content (AvgIpc) is 2.85. The maximum absolute atomic E-state index is 5.42. The fraction of sp³-hybridized carbons (Fsp3) is 0.778. The maximum Gasteiger partial charge on any atom is 0.239 e. The third-order valence-corrected chi connectivity index (χ3v) is 3.66. The smallest absolute Gasteiger partial charge is 0.239 e. The van der Waals surface area contributed by atoms with Gasteiger partial charge in [-0.3, -0.25) is 0 Å². The van der Waals surface area contributed by atoms with Gasteiger partial charge < -0.3 is 10.3 Å². The molecule has 0 saturated carbocycles. The first kappa shape index (κ1) is 9.98. The van der Waals surface area contributed by atoms with Crippen molar-refractivity contribution in [2.24, 2.45) is 5.73 Å². The van der Waals surface area contributed by atoms with Crippen molar-refractivity contribution in [1.29, 1.82) is 0 Å². The van der Waals surface area contributed by atoms with Crippen molar-refractivity contribution < 1.29 is 4.52 Å². The minimum absolute atomic E-state index is 0.439. The predicted molar refractivity (Wildman–Crippen MR) is 56.1 cm³/mol. The van der Waals surface area contributed by atoms with Gasteiger partial charge in [-0.25, -0.2) is 0 Å². The Bertz CT molecular complexity index is 283. The molecule has 4 nitrogen and oxygen atoms in total. The molecule has 2 rings (SSSR count). The van der Waals surface area contributed by atoms with Gasteiger partial charge in [0.15, 0.2) is 5.82 Å². The summed E-state index contributed by atoms with van der Waals surface area (Å²) in [6.07, 6.45) is 4.19. The van der Waals surface area contributed by atoms with Crippen LogP contribution in [0.1, 0.15) is 36.2 Å². The number of hydrogen-bond acceptors (Lipinski definition) is 5. The highest BCUT2D eigenvalue weighted by molar-refractivity contribution is 7.99. The molecule has 0 bridgehead atoms. The molecule has 1 aromatic rings. The molecule has 1 atom stereocenters. The monoisotopic (exact) mass is 213 g/mol. The van der Waals surface area contributed by atoms with E-state index in [4.69, 9.17) is 10.3 Å². The molecule has 1 fully saturated rings. The van der Waals surface area contributed by atoms with E-state index in [1.165, 1.54) is 18.6 Å². The molecule has 0 spiro atoms. The van der Waals surface area contributed by atoms with Crippen molar-refractivity contribution >= 4 is 11.8 Å². The number of aromatic nitrogens is 2. The van der Waals surface area contributed by atoms with E-state index in [0.717, 1.165) is 24.6 Å².